The zero-order valence-corrected chi connectivity index (χ0v) is 16.5. The number of nitrogens with one attached hydrogen (secondary N) is 2. The minimum Gasteiger partial charge on any atom is -0.384 e. The average molecular weight is 393 g/mol. The molecule has 2 aromatic rings. The monoisotopic (exact) mass is 392 g/mol. The predicted molar refractivity (Wildman–Crippen MR) is 106 cm³/mol. The van der Waals surface area contributed by atoms with Gasteiger partial charge in [0.15, 0.2) is 4.34 Å². The second kappa shape index (κ2) is 10.0. The summed E-state index contributed by atoms with van der Waals surface area (Å²) in [6.07, 6.45) is 2.70. The molecule has 1 aromatic carbocycles. The van der Waals surface area contributed by atoms with Crippen LogP contribution in [0.1, 0.15) is 17.5 Å². The Morgan fingerprint density at radius 1 is 1.35 bits per heavy atom. The molecule has 1 aromatic heterocycles. The highest BCUT2D eigenvalue weighted by molar-refractivity contribution is 8.01. The van der Waals surface area contributed by atoms with Gasteiger partial charge in [-0.3, -0.25) is 4.79 Å². The minimum absolute atomic E-state index is 0.0673. The third kappa shape index (κ3) is 6.05. The second-order valence-electron chi connectivity index (χ2n) is 6.32. The number of carbonyl (C=O) groups excluding carboxylic acids is 1. The first-order valence-corrected chi connectivity index (χ1v) is 10.6. The molecule has 1 amide bonds. The van der Waals surface area contributed by atoms with Gasteiger partial charge in [0, 0.05) is 12.9 Å². The fraction of sp³-hybridized carbons (Fsp3) is 0.500. The van der Waals surface area contributed by atoms with Gasteiger partial charge < -0.3 is 15.4 Å². The Morgan fingerprint density at radius 3 is 2.88 bits per heavy atom. The molecule has 26 heavy (non-hydrogen) atoms. The molecular formula is C18H24N4O2S2. The highest BCUT2D eigenvalue weighted by atomic mass is 32.2. The number of benzene rings is 1. The molecule has 1 fully saturated rings. The molecule has 1 unspecified atom stereocenters. The fourth-order valence-corrected chi connectivity index (χ4v) is 4.63. The fourth-order valence-electron chi connectivity index (χ4n) is 2.89. The molecule has 8 heteroatoms. The van der Waals surface area contributed by atoms with Crippen LogP contribution in [-0.2, 0) is 22.4 Å². The van der Waals surface area contributed by atoms with Gasteiger partial charge in [-0.25, -0.2) is 0 Å². The maximum absolute atomic E-state index is 12.2. The number of anilines is 1. The molecule has 1 aliphatic heterocycles. The first kappa shape index (κ1) is 19.3. The highest BCUT2D eigenvalue weighted by Gasteiger charge is 2.15. The molecule has 1 aliphatic rings. The molecule has 0 radical (unpaired) electrons. The Morgan fingerprint density at radius 2 is 2.15 bits per heavy atom. The summed E-state index contributed by atoms with van der Waals surface area (Å²) in [6, 6.07) is 8.36. The van der Waals surface area contributed by atoms with Crippen LogP contribution in [0, 0.1) is 5.92 Å². The number of nitrogens with zero attached hydrogens (tertiary/aromatic N) is 2. The number of thioether (sulfide) groups is 1. The molecule has 0 saturated carbocycles. The van der Waals surface area contributed by atoms with Crippen molar-refractivity contribution in [3.05, 3.63) is 35.4 Å². The topological polar surface area (TPSA) is 76.1 Å². The summed E-state index contributed by atoms with van der Waals surface area (Å²) in [5.74, 6) is 1.49. The van der Waals surface area contributed by atoms with Gasteiger partial charge in [-0.15, -0.1) is 10.2 Å². The van der Waals surface area contributed by atoms with Crippen LogP contribution in [0.25, 0.3) is 0 Å². The molecule has 6 nitrogen and oxygen atoms in total. The van der Waals surface area contributed by atoms with E-state index < -0.39 is 0 Å². The first-order chi connectivity index (χ1) is 12.7. The van der Waals surface area contributed by atoms with E-state index >= 15 is 0 Å². The molecule has 3 rings (SSSR count). The Bertz CT molecular complexity index is 699. The van der Waals surface area contributed by atoms with E-state index in [1.807, 2.05) is 12.1 Å². The van der Waals surface area contributed by atoms with Gasteiger partial charge in [0.2, 0.25) is 11.0 Å². The number of methoxy groups -OCH3 is 1. The molecule has 1 atom stereocenters. The van der Waals surface area contributed by atoms with Crippen molar-refractivity contribution in [2.24, 2.45) is 5.92 Å². The third-order valence-corrected chi connectivity index (χ3v) is 6.18. The summed E-state index contributed by atoms with van der Waals surface area (Å²) in [5, 5.41) is 14.8. The Balaban J connectivity index is 1.45. The van der Waals surface area contributed by atoms with E-state index in [1.54, 1.807) is 18.9 Å². The minimum atomic E-state index is -0.0673. The average Bonchev–Trinajstić information content (AvgIpc) is 3.29. The number of rotatable bonds is 9. The van der Waals surface area contributed by atoms with Gasteiger partial charge in [0.05, 0.1) is 13.0 Å². The Labute approximate surface area is 162 Å². The van der Waals surface area contributed by atoms with Crippen molar-refractivity contribution < 1.29 is 9.53 Å². The summed E-state index contributed by atoms with van der Waals surface area (Å²) in [5.41, 5.74) is 2.35. The largest absolute Gasteiger partial charge is 0.384 e. The highest BCUT2D eigenvalue weighted by Crippen LogP contribution is 2.25. The number of carbonyl (C=O) groups is 1. The standard InChI is InChI=1S/C18H24N4O2S2/c1-24-8-9-25-18-22-21-17(26-18)20-16(23)11-14-4-2-13(3-5-14)10-15-6-7-19-12-15/h2-5,15,19H,6-12H2,1H3,(H,20,21,23). The lowest BCUT2D eigenvalue weighted by Gasteiger charge is -2.09. The van der Waals surface area contributed by atoms with Crippen LogP contribution >= 0.6 is 23.1 Å². The van der Waals surface area contributed by atoms with Gasteiger partial charge in [-0.2, -0.15) is 0 Å². The maximum Gasteiger partial charge on any atom is 0.230 e. The number of amides is 1. The maximum atomic E-state index is 12.2. The normalized spacial score (nSPS) is 16.7. The lowest BCUT2D eigenvalue weighted by molar-refractivity contribution is -0.115. The summed E-state index contributed by atoms with van der Waals surface area (Å²) in [7, 11) is 1.67. The summed E-state index contributed by atoms with van der Waals surface area (Å²) < 4.78 is 5.85. The van der Waals surface area contributed by atoms with Gasteiger partial charge in [-0.1, -0.05) is 47.4 Å². The SMILES string of the molecule is COCCSc1nnc(NC(=O)Cc2ccc(CC3CCNC3)cc2)s1. The van der Waals surface area contributed by atoms with E-state index in [-0.39, 0.29) is 5.91 Å². The second-order valence-corrected chi connectivity index (χ2v) is 8.64. The van der Waals surface area contributed by atoms with Crippen LogP contribution in [-0.4, -0.2) is 48.7 Å². The molecular weight excluding hydrogens is 368 g/mol. The molecule has 1 saturated heterocycles. The number of aromatic nitrogens is 2. The number of ether oxygens (including phenoxy) is 1. The van der Waals surface area contributed by atoms with Crippen molar-refractivity contribution in [3.8, 4) is 0 Å². The van der Waals surface area contributed by atoms with Gasteiger partial charge in [-0.05, 0) is 43.0 Å². The number of hydrogen-bond acceptors (Lipinski definition) is 7. The quantitative estimate of drug-likeness (QED) is 0.388. The van der Waals surface area contributed by atoms with Gasteiger partial charge >= 0.3 is 0 Å². The van der Waals surface area contributed by atoms with Crippen LogP contribution in [0.3, 0.4) is 0 Å². The van der Waals surface area contributed by atoms with Crippen LogP contribution in [0.5, 0.6) is 0 Å². The molecule has 2 heterocycles. The van der Waals surface area contributed by atoms with Crippen molar-refractivity contribution >= 4 is 34.1 Å². The lowest BCUT2D eigenvalue weighted by atomic mass is 9.97. The lowest BCUT2D eigenvalue weighted by Crippen LogP contribution is -2.14. The summed E-state index contributed by atoms with van der Waals surface area (Å²) in [6.45, 7) is 2.90. The summed E-state index contributed by atoms with van der Waals surface area (Å²) >= 11 is 2.97. The Kier molecular flexibility index (Phi) is 7.43. The smallest absolute Gasteiger partial charge is 0.230 e. The van der Waals surface area contributed by atoms with Crippen LogP contribution in [0.2, 0.25) is 0 Å². The van der Waals surface area contributed by atoms with Gasteiger partial charge in [0.25, 0.3) is 0 Å². The van der Waals surface area contributed by atoms with Gasteiger partial charge in [0.1, 0.15) is 0 Å². The van der Waals surface area contributed by atoms with E-state index in [0.717, 1.165) is 41.1 Å². The van der Waals surface area contributed by atoms with Crippen molar-refractivity contribution in [2.45, 2.75) is 23.6 Å². The Hall–Kier alpha value is -1.48. The third-order valence-electron chi connectivity index (χ3n) is 4.24. The first-order valence-electron chi connectivity index (χ1n) is 8.76. The summed E-state index contributed by atoms with van der Waals surface area (Å²) in [4.78, 5) is 12.2. The van der Waals surface area contributed by atoms with Crippen molar-refractivity contribution in [2.75, 3.05) is 37.9 Å². The van der Waals surface area contributed by atoms with Crippen molar-refractivity contribution in [3.63, 3.8) is 0 Å². The van der Waals surface area contributed by atoms with Crippen LogP contribution in [0.15, 0.2) is 28.6 Å². The van der Waals surface area contributed by atoms with E-state index in [9.17, 15) is 4.79 Å². The molecule has 0 aliphatic carbocycles. The van der Waals surface area contributed by atoms with E-state index in [2.05, 4.69) is 33.0 Å². The molecule has 140 valence electrons. The van der Waals surface area contributed by atoms with Crippen molar-refractivity contribution in [1.29, 1.82) is 0 Å². The van der Waals surface area contributed by atoms with Crippen molar-refractivity contribution in [1.82, 2.24) is 15.5 Å². The molecule has 0 spiro atoms. The zero-order chi connectivity index (χ0) is 18.2. The van der Waals surface area contributed by atoms with E-state index in [1.165, 1.54) is 23.3 Å². The molecule has 2 N–H and O–H groups in total. The van der Waals surface area contributed by atoms with Crippen LogP contribution in [0.4, 0.5) is 5.13 Å². The molecule has 0 bridgehead atoms. The van der Waals surface area contributed by atoms with E-state index in [0.29, 0.717) is 18.2 Å². The van der Waals surface area contributed by atoms with E-state index in [4.69, 9.17) is 4.74 Å². The predicted octanol–water partition coefficient (Wildman–Crippen LogP) is 2.61. The number of hydrogen-bond donors (Lipinski definition) is 2. The zero-order valence-electron chi connectivity index (χ0n) is 14.9. The van der Waals surface area contributed by atoms with Crippen LogP contribution < -0.4 is 10.6 Å².